The van der Waals surface area contributed by atoms with Crippen molar-refractivity contribution in [3.05, 3.63) is 30.1 Å². The number of ketones is 1. The van der Waals surface area contributed by atoms with E-state index in [1.165, 1.54) is 18.5 Å². The van der Waals surface area contributed by atoms with Crippen molar-refractivity contribution in [1.29, 1.82) is 0 Å². The molecule has 1 aromatic heterocycles. The maximum atomic E-state index is 11.4. The number of hydrogen-bond acceptors (Lipinski definition) is 6. The molecule has 7 heteroatoms. The van der Waals surface area contributed by atoms with Crippen LogP contribution in [0.2, 0.25) is 0 Å². The molecule has 6 nitrogen and oxygen atoms in total. The van der Waals surface area contributed by atoms with Crippen molar-refractivity contribution in [2.75, 3.05) is 6.61 Å². The van der Waals surface area contributed by atoms with Crippen LogP contribution in [0.5, 0.6) is 0 Å². The smallest absolute Gasteiger partial charge is 0.872 e. The van der Waals surface area contributed by atoms with Gasteiger partial charge >= 0.3 is 24.8 Å². The normalized spacial score (nSPS) is 10.3. The molecule has 0 atom stereocenters. The Bertz CT molecular complexity index is 420. The second-order valence-electron chi connectivity index (χ2n) is 2.72. The average molecular weight is 228 g/mol. The van der Waals surface area contributed by atoms with Gasteiger partial charge in [0.1, 0.15) is 0 Å². The average Bonchev–Trinajstić information content (AvgIpc) is 2.30. The molecule has 0 unspecified atom stereocenters. The van der Waals surface area contributed by atoms with Crippen molar-refractivity contribution in [2.24, 2.45) is 0 Å². The monoisotopic (exact) mass is 228 g/mol. The number of carbonyl (C=O) groups excluding carboxylic acids is 2. The largest absolute Gasteiger partial charge is 1.00 e. The Morgan fingerprint density at radius 1 is 1.47 bits per heavy atom. The molecule has 17 heavy (non-hydrogen) atoms. The molecule has 1 heterocycles. The van der Waals surface area contributed by atoms with Gasteiger partial charge in [-0.15, -0.1) is 0 Å². The van der Waals surface area contributed by atoms with Crippen molar-refractivity contribution < 1.29 is 38.3 Å². The summed E-state index contributed by atoms with van der Waals surface area (Å²) >= 11 is 0. The van der Waals surface area contributed by atoms with E-state index in [2.05, 4.69) is 14.9 Å². The van der Waals surface area contributed by atoms with Gasteiger partial charge in [0.15, 0.2) is 0 Å². The maximum absolute atomic E-state index is 11.4. The first-order chi connectivity index (χ1) is 7.65. The van der Waals surface area contributed by atoms with E-state index < -0.39 is 17.5 Å². The predicted molar refractivity (Wildman–Crippen MR) is 51.6 cm³/mol. The molecular formula is C10H9LiN2O4. The van der Waals surface area contributed by atoms with Gasteiger partial charge in [0, 0.05) is 0 Å². The Morgan fingerprint density at radius 3 is 2.71 bits per heavy atom. The van der Waals surface area contributed by atoms with Gasteiger partial charge in [-0.25, -0.2) is 4.79 Å². The summed E-state index contributed by atoms with van der Waals surface area (Å²) < 4.78 is 4.44. The van der Waals surface area contributed by atoms with Crippen LogP contribution in [-0.2, 0) is 14.3 Å². The Balaban J connectivity index is 0.00000256. The molecule has 0 spiro atoms. The van der Waals surface area contributed by atoms with Crippen LogP contribution in [0.4, 0.5) is 0 Å². The second-order valence-corrected chi connectivity index (χ2v) is 2.72. The van der Waals surface area contributed by atoms with E-state index in [-0.39, 0.29) is 31.0 Å². The fraction of sp³-hybridized carbons (Fsp3) is 0.200. The summed E-state index contributed by atoms with van der Waals surface area (Å²) in [5, 5.41) is 18.4. The fourth-order valence-electron chi connectivity index (χ4n) is 0.900. The SMILES string of the molecule is CCOC(=O)C(=O)/C=C(/[O-])c1ccnnc1.[Li+]. The predicted octanol–water partition coefficient (Wildman–Crippen LogP) is -3.69. The zero-order valence-electron chi connectivity index (χ0n) is 9.54. The van der Waals surface area contributed by atoms with Gasteiger partial charge in [-0.05, 0) is 24.6 Å². The molecule has 0 aliphatic carbocycles. The number of esters is 1. The van der Waals surface area contributed by atoms with Crippen LogP contribution in [0.1, 0.15) is 12.5 Å². The number of rotatable bonds is 4. The van der Waals surface area contributed by atoms with E-state index in [0.717, 1.165) is 0 Å². The third-order valence-corrected chi connectivity index (χ3v) is 1.61. The molecule has 1 rings (SSSR count). The molecule has 0 fully saturated rings. The van der Waals surface area contributed by atoms with Gasteiger partial charge in [-0.2, -0.15) is 10.2 Å². The van der Waals surface area contributed by atoms with Gasteiger partial charge in [0.05, 0.1) is 19.0 Å². The van der Waals surface area contributed by atoms with Gasteiger partial charge in [-0.3, -0.25) is 4.79 Å². The quantitative estimate of drug-likeness (QED) is 0.173. The molecule has 0 aliphatic heterocycles. The van der Waals surface area contributed by atoms with Crippen LogP contribution >= 0.6 is 0 Å². The number of aromatic nitrogens is 2. The van der Waals surface area contributed by atoms with Gasteiger partial charge in [-0.1, -0.05) is 5.76 Å². The maximum Gasteiger partial charge on any atom is 1.00 e. The van der Waals surface area contributed by atoms with Gasteiger partial charge < -0.3 is 9.84 Å². The van der Waals surface area contributed by atoms with Crippen molar-refractivity contribution in [1.82, 2.24) is 10.2 Å². The third kappa shape index (κ3) is 4.81. The molecule has 0 saturated heterocycles. The Kier molecular flexibility index (Phi) is 6.87. The molecular weight excluding hydrogens is 219 g/mol. The molecule has 0 N–H and O–H groups in total. The van der Waals surface area contributed by atoms with Gasteiger partial charge in [0.2, 0.25) is 0 Å². The zero-order chi connectivity index (χ0) is 12.0. The summed E-state index contributed by atoms with van der Waals surface area (Å²) in [6, 6.07) is 1.39. The van der Waals surface area contributed by atoms with E-state index >= 15 is 0 Å². The van der Waals surface area contributed by atoms with E-state index in [1.807, 2.05) is 0 Å². The minimum Gasteiger partial charge on any atom is -0.872 e. The molecule has 0 radical (unpaired) electrons. The van der Waals surface area contributed by atoms with Gasteiger partial charge in [0.25, 0.3) is 5.78 Å². The molecule has 1 aromatic rings. The van der Waals surface area contributed by atoms with E-state index in [9.17, 15) is 14.7 Å². The third-order valence-electron chi connectivity index (χ3n) is 1.61. The number of nitrogens with zero attached hydrogens (tertiary/aromatic N) is 2. The zero-order valence-corrected chi connectivity index (χ0v) is 9.54. The molecule has 0 aromatic carbocycles. The van der Waals surface area contributed by atoms with Crippen LogP contribution in [0.25, 0.3) is 5.76 Å². The fourth-order valence-corrected chi connectivity index (χ4v) is 0.900. The summed E-state index contributed by atoms with van der Waals surface area (Å²) in [4.78, 5) is 22.1. The second kappa shape index (κ2) is 7.60. The van der Waals surface area contributed by atoms with Crippen molar-refractivity contribution in [2.45, 2.75) is 6.92 Å². The number of ether oxygens (including phenoxy) is 1. The first-order valence-corrected chi connectivity index (χ1v) is 4.52. The molecule has 0 bridgehead atoms. The first-order valence-electron chi connectivity index (χ1n) is 4.52. The van der Waals surface area contributed by atoms with Crippen molar-refractivity contribution in [3.63, 3.8) is 0 Å². The van der Waals surface area contributed by atoms with E-state index in [0.29, 0.717) is 6.08 Å². The topological polar surface area (TPSA) is 92.2 Å². The Hall–Kier alpha value is -1.64. The van der Waals surface area contributed by atoms with Crippen LogP contribution in [0.15, 0.2) is 24.5 Å². The van der Waals surface area contributed by atoms with E-state index in [1.54, 1.807) is 6.92 Å². The summed E-state index contributed by atoms with van der Waals surface area (Å²) in [6.45, 7) is 1.66. The Morgan fingerprint density at radius 2 is 2.18 bits per heavy atom. The minimum atomic E-state index is -1.04. The summed E-state index contributed by atoms with van der Waals surface area (Å²) in [5.74, 6) is -2.63. The van der Waals surface area contributed by atoms with Crippen LogP contribution in [0.3, 0.4) is 0 Å². The summed E-state index contributed by atoms with van der Waals surface area (Å²) in [6.07, 6.45) is 3.20. The summed E-state index contributed by atoms with van der Waals surface area (Å²) in [7, 11) is 0. The number of carbonyl (C=O) groups is 2. The minimum absolute atomic E-state index is 0. The summed E-state index contributed by atoms with van der Waals surface area (Å²) in [5.41, 5.74) is 0.188. The van der Waals surface area contributed by atoms with Crippen molar-refractivity contribution >= 4 is 17.5 Å². The first kappa shape index (κ1) is 15.4. The van der Waals surface area contributed by atoms with Crippen molar-refractivity contribution in [3.8, 4) is 0 Å². The Labute approximate surface area is 110 Å². The molecule has 0 amide bonds. The van der Waals surface area contributed by atoms with Crippen LogP contribution in [-0.4, -0.2) is 28.6 Å². The number of hydrogen-bond donors (Lipinski definition) is 0. The molecule has 84 valence electrons. The van der Waals surface area contributed by atoms with Crippen LogP contribution < -0.4 is 24.0 Å². The molecule has 0 saturated carbocycles. The van der Waals surface area contributed by atoms with Crippen LogP contribution in [0, 0.1) is 0 Å². The van der Waals surface area contributed by atoms with E-state index in [4.69, 9.17) is 0 Å². The standard InChI is InChI=1S/C10H10N2O4.Li/c1-2-16-10(15)9(14)5-8(13)7-3-4-11-12-6-7;/h3-6,13H,2H2,1H3;/q;+1/p-1/b8-5+;. The molecule has 0 aliphatic rings.